The van der Waals surface area contributed by atoms with E-state index in [0.29, 0.717) is 3.63 Å². The first-order valence-corrected chi connectivity index (χ1v) is 19.0. The minimum atomic E-state index is -2.55. The Kier molecular flexibility index (Phi) is 10.4. The molecule has 0 atom stereocenters. The number of allylic oxidation sites excluding steroid dienone is 4. The Bertz CT molecular complexity index is 1620. The van der Waals surface area contributed by atoms with Gasteiger partial charge in [0.2, 0.25) is 0 Å². The number of fused-ring (bicyclic) bond motifs is 3. The van der Waals surface area contributed by atoms with Gasteiger partial charge in [0, 0.05) is 0 Å². The summed E-state index contributed by atoms with van der Waals surface area (Å²) in [5.41, 5.74) is 12.0. The topological polar surface area (TPSA) is 0 Å². The van der Waals surface area contributed by atoms with Crippen LogP contribution in [0.25, 0.3) is 11.1 Å². The van der Waals surface area contributed by atoms with Crippen LogP contribution in [-0.4, -0.2) is 3.21 Å². The van der Waals surface area contributed by atoms with E-state index in [2.05, 4.69) is 157 Å². The van der Waals surface area contributed by atoms with Gasteiger partial charge in [0.05, 0.1) is 0 Å². The van der Waals surface area contributed by atoms with Crippen molar-refractivity contribution in [3.8, 4) is 11.1 Å². The Labute approximate surface area is 279 Å². The molecule has 0 unspecified atom stereocenters. The van der Waals surface area contributed by atoms with Gasteiger partial charge in [-0.15, -0.1) is 24.8 Å². The maximum absolute atomic E-state index is 2.55. The first-order chi connectivity index (χ1) is 19.6. The first-order valence-electron chi connectivity index (χ1n) is 15.1. The maximum Gasteiger partial charge on any atom is -0.147 e. The van der Waals surface area contributed by atoms with E-state index < -0.39 is 21.3 Å². The van der Waals surface area contributed by atoms with Crippen molar-refractivity contribution in [1.82, 2.24) is 0 Å². The number of hydrogen-bond donors (Lipinski definition) is 0. The Morgan fingerprint density at radius 3 is 1.65 bits per heavy atom. The second kappa shape index (κ2) is 13.4. The van der Waals surface area contributed by atoms with E-state index in [-0.39, 0.29) is 35.6 Å². The van der Waals surface area contributed by atoms with Crippen LogP contribution in [-0.2, 0) is 38.5 Å². The minimum absolute atomic E-state index is 0. The summed E-state index contributed by atoms with van der Waals surface area (Å²) in [5, 5.41) is 0. The van der Waals surface area contributed by atoms with Crippen molar-refractivity contribution in [2.75, 3.05) is 0 Å². The van der Waals surface area contributed by atoms with Crippen LogP contribution in [0.1, 0.15) is 85.0 Å². The second-order valence-corrected chi connectivity index (χ2v) is 20.3. The molecule has 4 aromatic rings. The smallest absolute Gasteiger partial charge is 0.147 e. The fourth-order valence-corrected chi connectivity index (χ4v) is 15.6. The van der Waals surface area contributed by atoms with E-state index in [1.165, 1.54) is 33.4 Å². The van der Waals surface area contributed by atoms with Gasteiger partial charge in [0.1, 0.15) is 0 Å². The summed E-state index contributed by atoms with van der Waals surface area (Å²) >= 11 is -2.55. The molecule has 6 rings (SSSR count). The molecular weight excluding hydrogens is 643 g/mol. The van der Waals surface area contributed by atoms with Gasteiger partial charge in [0.25, 0.3) is 0 Å². The van der Waals surface area contributed by atoms with Crippen molar-refractivity contribution in [3.63, 3.8) is 0 Å². The summed E-state index contributed by atoms with van der Waals surface area (Å²) in [6, 6.07) is 37.4. The molecule has 0 aromatic heterocycles. The van der Waals surface area contributed by atoms with Crippen molar-refractivity contribution in [3.05, 3.63) is 152 Å². The van der Waals surface area contributed by atoms with E-state index >= 15 is 0 Å². The minimum Gasteiger partial charge on any atom is -0.147 e. The normalized spacial score (nSPS) is 14.7. The molecule has 222 valence electrons. The number of benzene rings is 4. The van der Waals surface area contributed by atoms with Crippen LogP contribution in [0.2, 0.25) is 0 Å². The zero-order chi connectivity index (χ0) is 28.8. The van der Waals surface area contributed by atoms with E-state index in [9.17, 15) is 0 Å². The summed E-state index contributed by atoms with van der Waals surface area (Å²) in [4.78, 5) is 0. The molecule has 0 saturated heterocycles. The molecule has 4 aromatic carbocycles. The van der Waals surface area contributed by atoms with E-state index in [4.69, 9.17) is 0 Å². The van der Waals surface area contributed by atoms with Crippen LogP contribution in [0.4, 0.5) is 0 Å². The van der Waals surface area contributed by atoms with Crippen LogP contribution in [0.5, 0.6) is 0 Å². The van der Waals surface area contributed by atoms with Gasteiger partial charge in [-0.2, -0.15) is 0 Å². The molecule has 0 saturated carbocycles. The molecule has 43 heavy (non-hydrogen) atoms. The third-order valence-corrected chi connectivity index (χ3v) is 17.1. The third-order valence-electron chi connectivity index (χ3n) is 8.83. The summed E-state index contributed by atoms with van der Waals surface area (Å²) in [5.74, 6) is 0. The molecule has 2 aliphatic rings. The van der Waals surface area contributed by atoms with Crippen molar-refractivity contribution in [1.29, 1.82) is 0 Å². The molecule has 3 heteroatoms. The molecule has 0 bridgehead atoms. The average molecular weight is 687 g/mol. The molecule has 0 aliphatic heterocycles. The Balaban J connectivity index is 0.00000212. The first kappa shape index (κ1) is 33.6. The second-order valence-electron chi connectivity index (χ2n) is 13.8. The van der Waals surface area contributed by atoms with E-state index in [0.717, 1.165) is 12.8 Å². The molecule has 2 aliphatic carbocycles. The zero-order valence-corrected chi connectivity index (χ0v) is 30.4. The van der Waals surface area contributed by atoms with Crippen LogP contribution < -0.4 is 0 Å². The van der Waals surface area contributed by atoms with Gasteiger partial charge < -0.3 is 0 Å². The van der Waals surface area contributed by atoms with Crippen molar-refractivity contribution >= 4 is 28.0 Å². The number of hydrogen-bond acceptors (Lipinski definition) is 0. The Morgan fingerprint density at radius 1 is 0.674 bits per heavy atom. The summed E-state index contributed by atoms with van der Waals surface area (Å²) in [6.45, 7) is 14.0. The molecule has 0 spiro atoms. The fraction of sp³-hybridized carbons (Fsp3) is 0.275. The summed E-state index contributed by atoms with van der Waals surface area (Å²) < 4.78 is 3.89. The molecule has 0 heterocycles. The molecule has 0 fully saturated rings. The molecule has 0 N–H and O–H groups in total. The standard InChI is InChI=1S/C21H25.C14H12.C5H5.2ClH.Zr/c1-20(2,3)16-9-7-14-11-15-8-10-17(21(4,5)6)13-19(15)18(14)12-16;1-3-7-13(8-4-1)11-12-14-9-5-2-6-10-14;1-2-4-5-3-1;;;/h7-13H,1-6H3;1-10H,11H2;1-3H,4H2;2*1H;. The van der Waals surface area contributed by atoms with Crippen LogP contribution in [0.3, 0.4) is 0 Å². The van der Waals surface area contributed by atoms with Gasteiger partial charge >= 0.3 is 256 Å². The van der Waals surface area contributed by atoms with Crippen LogP contribution in [0.15, 0.2) is 119 Å². The van der Waals surface area contributed by atoms with Gasteiger partial charge in [-0.1, -0.05) is 0 Å². The number of halogens is 2. The van der Waals surface area contributed by atoms with Crippen LogP contribution in [0, 0.1) is 0 Å². The SMILES string of the molecule is CC(C)(C)c1ccc2c(c1)-c1cc(C(C)(C)C)ccc1[CH]2/[Zr]([C]1=CC=CC1)=[C](\Cc1ccccc1)c1ccccc1.Cl.Cl. The zero-order valence-electron chi connectivity index (χ0n) is 26.3. The van der Waals surface area contributed by atoms with Gasteiger partial charge in [0.15, 0.2) is 0 Å². The molecule has 0 radical (unpaired) electrons. The predicted octanol–water partition coefficient (Wildman–Crippen LogP) is 11.1. The van der Waals surface area contributed by atoms with Crippen molar-refractivity contribution in [2.24, 2.45) is 0 Å². The fourth-order valence-electron chi connectivity index (χ4n) is 6.49. The Hall–Kier alpha value is -2.31. The average Bonchev–Trinajstić information content (AvgIpc) is 3.59. The third kappa shape index (κ3) is 6.86. The van der Waals surface area contributed by atoms with Crippen LogP contribution >= 0.6 is 24.8 Å². The largest absolute Gasteiger partial charge is 0.147 e. The predicted molar refractivity (Wildman–Crippen MR) is 188 cm³/mol. The summed E-state index contributed by atoms with van der Waals surface area (Å²) in [7, 11) is 0. The number of rotatable bonds is 5. The monoisotopic (exact) mass is 684 g/mol. The van der Waals surface area contributed by atoms with Crippen molar-refractivity contribution in [2.45, 2.75) is 68.8 Å². The van der Waals surface area contributed by atoms with Gasteiger partial charge in [-0.05, 0) is 0 Å². The Morgan fingerprint density at radius 2 is 1.19 bits per heavy atom. The maximum atomic E-state index is 2.53. The van der Waals surface area contributed by atoms with E-state index in [1.54, 1.807) is 17.6 Å². The molecular formula is C40H44Cl2Zr. The summed E-state index contributed by atoms with van der Waals surface area (Å²) in [6.07, 6.45) is 9.29. The van der Waals surface area contributed by atoms with Gasteiger partial charge in [-0.25, -0.2) is 0 Å². The quantitative estimate of drug-likeness (QED) is 0.196. The van der Waals surface area contributed by atoms with Crippen molar-refractivity contribution < 1.29 is 21.3 Å². The van der Waals surface area contributed by atoms with E-state index in [1.807, 2.05) is 0 Å². The van der Waals surface area contributed by atoms with Gasteiger partial charge in [-0.3, -0.25) is 0 Å². The molecule has 0 nitrogen and oxygen atoms in total. The molecule has 0 amide bonds.